The molecule has 1 aromatic heterocycles. The Balaban J connectivity index is 2.03. The van der Waals surface area contributed by atoms with Crippen LogP contribution in [-0.4, -0.2) is 40.4 Å². The van der Waals surface area contributed by atoms with Crippen molar-refractivity contribution in [2.24, 2.45) is 7.05 Å². The van der Waals surface area contributed by atoms with Gasteiger partial charge in [-0.05, 0) is 54.1 Å². The van der Waals surface area contributed by atoms with Crippen molar-refractivity contribution in [1.29, 1.82) is 0 Å². The largest absolute Gasteiger partial charge is 0.307 e. The number of nitrogens with zero attached hydrogens (tertiary/aromatic N) is 3. The van der Waals surface area contributed by atoms with E-state index in [1.54, 1.807) is 0 Å². The van der Waals surface area contributed by atoms with E-state index in [1.807, 2.05) is 11.7 Å². The van der Waals surface area contributed by atoms with Crippen LogP contribution >= 0.6 is 0 Å². The highest BCUT2D eigenvalue weighted by atomic mass is 15.3. The summed E-state index contributed by atoms with van der Waals surface area (Å²) in [6.07, 6.45) is 2.47. The molecule has 4 nitrogen and oxygen atoms in total. The number of hydrogen-bond donors (Lipinski definition) is 1. The van der Waals surface area contributed by atoms with E-state index < -0.39 is 0 Å². The molecule has 3 unspecified atom stereocenters. The zero-order valence-electron chi connectivity index (χ0n) is 13.2. The maximum Gasteiger partial charge on any atom is 0.0644 e. The molecule has 108 valence electrons. The van der Waals surface area contributed by atoms with Crippen molar-refractivity contribution in [2.45, 2.75) is 58.7 Å². The van der Waals surface area contributed by atoms with Crippen molar-refractivity contribution < 1.29 is 0 Å². The molecule has 1 N–H and O–H groups in total. The van der Waals surface area contributed by atoms with Crippen molar-refractivity contribution in [3.8, 4) is 0 Å². The number of aromatic nitrogens is 2. The number of aryl methyl sites for hydroxylation is 2. The van der Waals surface area contributed by atoms with Crippen LogP contribution in [-0.2, 0) is 7.05 Å². The van der Waals surface area contributed by atoms with Crippen LogP contribution < -0.4 is 5.32 Å². The molecule has 0 radical (unpaired) electrons. The molecule has 0 aliphatic carbocycles. The molecule has 0 spiro atoms. The van der Waals surface area contributed by atoms with E-state index in [0.29, 0.717) is 18.1 Å². The van der Waals surface area contributed by atoms with E-state index in [0.717, 1.165) is 5.69 Å². The summed E-state index contributed by atoms with van der Waals surface area (Å²) in [5, 5.41) is 8.32. The topological polar surface area (TPSA) is 33.1 Å². The van der Waals surface area contributed by atoms with Crippen LogP contribution in [0.3, 0.4) is 0 Å². The third-order valence-corrected chi connectivity index (χ3v) is 4.69. The van der Waals surface area contributed by atoms with Gasteiger partial charge >= 0.3 is 0 Å². The van der Waals surface area contributed by atoms with Gasteiger partial charge in [0.2, 0.25) is 0 Å². The highest BCUT2D eigenvalue weighted by molar-refractivity contribution is 5.27. The Morgan fingerprint density at radius 3 is 2.53 bits per heavy atom. The number of piperidine rings is 1. The second-order valence-electron chi connectivity index (χ2n) is 6.15. The van der Waals surface area contributed by atoms with Crippen molar-refractivity contribution in [2.75, 3.05) is 13.6 Å². The van der Waals surface area contributed by atoms with Gasteiger partial charge in [-0.2, -0.15) is 5.10 Å². The maximum atomic E-state index is 4.52. The summed E-state index contributed by atoms with van der Waals surface area (Å²) in [5.41, 5.74) is 3.80. The number of rotatable bonds is 3. The fourth-order valence-corrected chi connectivity index (χ4v) is 3.29. The Bertz CT molecular complexity index is 438. The third kappa shape index (κ3) is 3.00. The average Bonchev–Trinajstić information content (AvgIpc) is 2.58. The van der Waals surface area contributed by atoms with Crippen LogP contribution in [0.15, 0.2) is 0 Å². The van der Waals surface area contributed by atoms with Crippen molar-refractivity contribution >= 4 is 0 Å². The van der Waals surface area contributed by atoms with Gasteiger partial charge in [-0.3, -0.25) is 4.68 Å². The Kier molecular flexibility index (Phi) is 4.31. The van der Waals surface area contributed by atoms with Gasteiger partial charge in [-0.25, -0.2) is 0 Å². The summed E-state index contributed by atoms with van der Waals surface area (Å²) in [4.78, 5) is 2.45. The first-order valence-corrected chi connectivity index (χ1v) is 7.36. The zero-order chi connectivity index (χ0) is 14.2. The normalized spacial score (nSPS) is 26.6. The predicted molar refractivity (Wildman–Crippen MR) is 79.3 cm³/mol. The molecule has 2 rings (SSSR count). The standard InChI is InChI=1S/C15H28N4/c1-10-9-14(7-8-18(10)5)16-11(2)15-12(3)17-19(6)13(15)4/h10-11,14,16H,7-9H2,1-6H3. The predicted octanol–water partition coefficient (Wildman–Crippen LogP) is 2.17. The van der Waals surface area contributed by atoms with Crippen LogP contribution in [0, 0.1) is 13.8 Å². The lowest BCUT2D eigenvalue weighted by Crippen LogP contribution is -2.46. The number of hydrogen-bond acceptors (Lipinski definition) is 3. The van der Waals surface area contributed by atoms with E-state index in [4.69, 9.17) is 0 Å². The first-order valence-electron chi connectivity index (χ1n) is 7.36. The van der Waals surface area contributed by atoms with Gasteiger partial charge in [-0.1, -0.05) is 0 Å². The SMILES string of the molecule is Cc1nn(C)c(C)c1C(C)NC1CCN(C)C(C)C1. The monoisotopic (exact) mass is 264 g/mol. The fraction of sp³-hybridized carbons (Fsp3) is 0.800. The summed E-state index contributed by atoms with van der Waals surface area (Å²) < 4.78 is 1.99. The molecule has 1 aliphatic heterocycles. The summed E-state index contributed by atoms with van der Waals surface area (Å²) >= 11 is 0. The maximum absolute atomic E-state index is 4.52. The van der Waals surface area contributed by atoms with Crippen LogP contribution in [0.4, 0.5) is 0 Å². The molecule has 0 bridgehead atoms. The second kappa shape index (κ2) is 5.63. The Morgan fingerprint density at radius 1 is 1.32 bits per heavy atom. The highest BCUT2D eigenvalue weighted by Crippen LogP contribution is 2.24. The van der Waals surface area contributed by atoms with Crippen LogP contribution in [0.5, 0.6) is 0 Å². The molecule has 1 aliphatic rings. The molecule has 1 aromatic rings. The van der Waals surface area contributed by atoms with Gasteiger partial charge in [0.25, 0.3) is 0 Å². The smallest absolute Gasteiger partial charge is 0.0644 e. The first-order chi connectivity index (χ1) is 8.90. The Morgan fingerprint density at radius 2 is 2.00 bits per heavy atom. The third-order valence-electron chi connectivity index (χ3n) is 4.69. The van der Waals surface area contributed by atoms with Crippen molar-refractivity contribution in [1.82, 2.24) is 20.0 Å². The van der Waals surface area contributed by atoms with Crippen molar-refractivity contribution in [3.63, 3.8) is 0 Å². The van der Waals surface area contributed by atoms with Crippen LogP contribution in [0.1, 0.15) is 49.7 Å². The van der Waals surface area contributed by atoms with Gasteiger partial charge in [0.15, 0.2) is 0 Å². The molecule has 19 heavy (non-hydrogen) atoms. The minimum absolute atomic E-state index is 0.384. The molecule has 1 fully saturated rings. The van der Waals surface area contributed by atoms with Gasteiger partial charge in [0, 0.05) is 36.4 Å². The number of nitrogens with one attached hydrogen (secondary N) is 1. The van der Waals surface area contributed by atoms with Gasteiger partial charge in [0.05, 0.1) is 5.69 Å². The minimum Gasteiger partial charge on any atom is -0.307 e. The minimum atomic E-state index is 0.384. The average molecular weight is 264 g/mol. The summed E-state index contributed by atoms with van der Waals surface area (Å²) in [5.74, 6) is 0. The Labute approximate surface area is 117 Å². The molecule has 0 amide bonds. The molecular weight excluding hydrogens is 236 g/mol. The fourth-order valence-electron chi connectivity index (χ4n) is 3.29. The van der Waals surface area contributed by atoms with E-state index in [1.165, 1.54) is 30.6 Å². The lowest BCUT2D eigenvalue weighted by atomic mass is 9.96. The summed E-state index contributed by atoms with van der Waals surface area (Å²) in [7, 11) is 4.25. The molecule has 3 atom stereocenters. The zero-order valence-corrected chi connectivity index (χ0v) is 13.2. The van der Waals surface area contributed by atoms with Gasteiger partial charge < -0.3 is 10.2 Å². The molecule has 4 heteroatoms. The molecule has 0 saturated carbocycles. The van der Waals surface area contributed by atoms with Gasteiger partial charge in [-0.15, -0.1) is 0 Å². The van der Waals surface area contributed by atoms with E-state index in [9.17, 15) is 0 Å². The first kappa shape index (κ1) is 14.5. The van der Waals surface area contributed by atoms with Crippen molar-refractivity contribution in [3.05, 3.63) is 17.0 Å². The summed E-state index contributed by atoms with van der Waals surface area (Å²) in [6, 6.07) is 1.68. The van der Waals surface area contributed by atoms with E-state index in [2.05, 4.69) is 50.1 Å². The van der Waals surface area contributed by atoms with Crippen LogP contribution in [0.2, 0.25) is 0 Å². The highest BCUT2D eigenvalue weighted by Gasteiger charge is 2.25. The van der Waals surface area contributed by atoms with Crippen LogP contribution in [0.25, 0.3) is 0 Å². The number of likely N-dealkylation sites (tertiary alicyclic amines) is 1. The molecule has 0 aromatic carbocycles. The second-order valence-corrected chi connectivity index (χ2v) is 6.15. The van der Waals surface area contributed by atoms with E-state index >= 15 is 0 Å². The lowest BCUT2D eigenvalue weighted by molar-refractivity contribution is 0.163. The molecule has 1 saturated heterocycles. The summed E-state index contributed by atoms with van der Waals surface area (Å²) in [6.45, 7) is 10.0. The van der Waals surface area contributed by atoms with E-state index in [-0.39, 0.29) is 0 Å². The quantitative estimate of drug-likeness (QED) is 0.908. The molecular formula is C15H28N4. The van der Waals surface area contributed by atoms with Gasteiger partial charge in [0.1, 0.15) is 0 Å². The molecule has 2 heterocycles. The Hall–Kier alpha value is -0.870. The lowest BCUT2D eigenvalue weighted by Gasteiger charge is -2.36.